The summed E-state index contributed by atoms with van der Waals surface area (Å²) in [6.07, 6.45) is 4.64. The average Bonchev–Trinajstić information content (AvgIpc) is 3.20. The molecule has 0 bridgehead atoms. The molecular formula is C23H28N8O. The third-order valence-corrected chi connectivity index (χ3v) is 6.32. The van der Waals surface area contributed by atoms with Gasteiger partial charge < -0.3 is 10.4 Å². The van der Waals surface area contributed by atoms with Gasteiger partial charge in [0.05, 0.1) is 29.2 Å². The molecule has 0 amide bonds. The summed E-state index contributed by atoms with van der Waals surface area (Å²) < 4.78 is 1.70. The Hall–Kier alpha value is -3.38. The van der Waals surface area contributed by atoms with E-state index in [1.54, 1.807) is 10.9 Å². The number of aryl methyl sites for hydroxylation is 1. The zero-order valence-corrected chi connectivity index (χ0v) is 18.7. The van der Waals surface area contributed by atoms with Gasteiger partial charge in [-0.1, -0.05) is 32.0 Å². The largest absolute Gasteiger partial charge is 0.393 e. The zero-order chi connectivity index (χ0) is 22.7. The molecule has 2 atom stereocenters. The molecule has 9 nitrogen and oxygen atoms in total. The summed E-state index contributed by atoms with van der Waals surface area (Å²) in [6.45, 7) is 6.55. The van der Waals surface area contributed by atoms with Gasteiger partial charge in [0.1, 0.15) is 6.07 Å². The van der Waals surface area contributed by atoms with E-state index in [1.165, 1.54) is 0 Å². The number of para-hydroxylation sites is 1. The minimum atomic E-state index is -0.277. The predicted octanol–water partition coefficient (Wildman–Crippen LogP) is 2.97. The number of aromatic nitrogens is 6. The molecule has 2 N–H and O–H groups in total. The highest BCUT2D eigenvalue weighted by Crippen LogP contribution is 2.40. The molecule has 32 heavy (non-hydrogen) atoms. The quantitative estimate of drug-likeness (QED) is 0.609. The fraction of sp³-hybridized carbons (Fsp3) is 0.478. The molecule has 1 aromatic carbocycles. The Labute approximate surface area is 187 Å². The first kappa shape index (κ1) is 21.8. The van der Waals surface area contributed by atoms with Gasteiger partial charge in [0.15, 0.2) is 5.82 Å². The molecule has 1 aliphatic rings. The smallest absolute Gasteiger partial charge is 0.223 e. The molecule has 0 spiro atoms. The lowest BCUT2D eigenvalue weighted by Gasteiger charge is -2.39. The molecule has 1 saturated carbocycles. The molecule has 2 unspecified atom stereocenters. The lowest BCUT2D eigenvalue weighted by molar-refractivity contribution is -0.00748. The van der Waals surface area contributed by atoms with E-state index in [1.807, 2.05) is 31.2 Å². The van der Waals surface area contributed by atoms with Gasteiger partial charge in [-0.25, -0.2) is 9.97 Å². The maximum atomic E-state index is 10.2. The van der Waals surface area contributed by atoms with Crippen LogP contribution in [-0.2, 0) is 13.0 Å². The van der Waals surface area contributed by atoms with Gasteiger partial charge >= 0.3 is 0 Å². The molecule has 1 aliphatic carbocycles. The molecule has 3 aromatic rings. The Bertz CT molecular complexity index is 1130. The van der Waals surface area contributed by atoms with Crippen LogP contribution in [0.25, 0.3) is 5.69 Å². The van der Waals surface area contributed by atoms with Gasteiger partial charge in [0, 0.05) is 6.54 Å². The number of nitrogens with zero attached hydrogens (tertiary/aromatic N) is 7. The van der Waals surface area contributed by atoms with Gasteiger partial charge in [0.25, 0.3) is 0 Å². The van der Waals surface area contributed by atoms with E-state index in [0.29, 0.717) is 36.2 Å². The number of rotatable bonds is 6. The Morgan fingerprint density at radius 2 is 2.09 bits per heavy atom. The second-order valence-corrected chi connectivity index (χ2v) is 9.14. The summed E-state index contributed by atoms with van der Waals surface area (Å²) >= 11 is 0. The van der Waals surface area contributed by atoms with Crippen molar-refractivity contribution in [1.29, 1.82) is 5.26 Å². The predicted molar refractivity (Wildman–Crippen MR) is 119 cm³/mol. The number of hydrogen-bond acceptors (Lipinski definition) is 8. The van der Waals surface area contributed by atoms with Crippen molar-refractivity contribution in [1.82, 2.24) is 30.2 Å². The van der Waals surface area contributed by atoms with E-state index in [0.717, 1.165) is 36.2 Å². The van der Waals surface area contributed by atoms with Crippen LogP contribution in [0.1, 0.15) is 55.8 Å². The fourth-order valence-corrected chi connectivity index (χ4v) is 4.46. The number of aliphatic hydroxyl groups is 1. The molecule has 9 heteroatoms. The number of tetrazole rings is 1. The van der Waals surface area contributed by atoms with Crippen molar-refractivity contribution in [3.05, 3.63) is 53.1 Å². The molecule has 0 saturated heterocycles. The van der Waals surface area contributed by atoms with Crippen molar-refractivity contribution in [3.63, 3.8) is 0 Å². The first-order chi connectivity index (χ1) is 15.4. The summed E-state index contributed by atoms with van der Waals surface area (Å²) in [7, 11) is 0. The third kappa shape index (κ3) is 4.60. The van der Waals surface area contributed by atoms with Crippen molar-refractivity contribution in [3.8, 4) is 11.8 Å². The average molecular weight is 433 g/mol. The molecule has 1 fully saturated rings. The summed E-state index contributed by atoms with van der Waals surface area (Å²) in [5, 5.41) is 34.8. The maximum absolute atomic E-state index is 10.2. The van der Waals surface area contributed by atoms with Crippen LogP contribution in [0.5, 0.6) is 0 Å². The van der Waals surface area contributed by atoms with Crippen LogP contribution < -0.4 is 5.32 Å². The number of hydrogen-bond donors (Lipinski definition) is 2. The molecule has 2 aromatic heterocycles. The Morgan fingerprint density at radius 3 is 2.81 bits per heavy atom. The van der Waals surface area contributed by atoms with Crippen LogP contribution in [-0.4, -0.2) is 41.4 Å². The zero-order valence-electron chi connectivity index (χ0n) is 18.7. The minimum Gasteiger partial charge on any atom is -0.393 e. The highest BCUT2D eigenvalue weighted by atomic mass is 16.3. The Balaban J connectivity index is 1.51. The minimum absolute atomic E-state index is 0.123. The van der Waals surface area contributed by atoms with Crippen molar-refractivity contribution < 1.29 is 5.11 Å². The summed E-state index contributed by atoms with van der Waals surface area (Å²) in [6, 6.07) is 10.1. The number of benzene rings is 1. The van der Waals surface area contributed by atoms with E-state index in [9.17, 15) is 10.4 Å². The second-order valence-electron chi connectivity index (χ2n) is 9.14. The van der Waals surface area contributed by atoms with Crippen molar-refractivity contribution in [2.75, 3.05) is 5.32 Å². The SMILES string of the molecule is Cc1nnnn1-c1ccccc1CNc1ncc(C#N)c(CC2CCC(O)C(C)(C)C2)n1. The van der Waals surface area contributed by atoms with Gasteiger partial charge in [-0.05, 0) is 66.0 Å². The van der Waals surface area contributed by atoms with Crippen molar-refractivity contribution >= 4 is 5.95 Å². The molecule has 0 radical (unpaired) electrons. The van der Waals surface area contributed by atoms with Crippen molar-refractivity contribution in [2.45, 2.75) is 59.1 Å². The van der Waals surface area contributed by atoms with Crippen LogP contribution in [0.15, 0.2) is 30.5 Å². The van der Waals surface area contributed by atoms with Crippen LogP contribution in [0.4, 0.5) is 5.95 Å². The third-order valence-electron chi connectivity index (χ3n) is 6.32. The van der Waals surface area contributed by atoms with E-state index in [2.05, 4.69) is 50.7 Å². The van der Waals surface area contributed by atoms with E-state index < -0.39 is 0 Å². The monoisotopic (exact) mass is 432 g/mol. The number of nitrogens with one attached hydrogen (secondary N) is 1. The lowest BCUT2D eigenvalue weighted by Crippen LogP contribution is -2.37. The van der Waals surface area contributed by atoms with E-state index in [-0.39, 0.29) is 11.5 Å². The Kier molecular flexibility index (Phi) is 6.15. The number of anilines is 1. The van der Waals surface area contributed by atoms with Crippen LogP contribution in [0.3, 0.4) is 0 Å². The lowest BCUT2D eigenvalue weighted by atomic mass is 9.69. The van der Waals surface area contributed by atoms with Gasteiger partial charge in [-0.2, -0.15) is 9.94 Å². The van der Waals surface area contributed by atoms with Crippen molar-refractivity contribution in [2.24, 2.45) is 11.3 Å². The topological polar surface area (TPSA) is 125 Å². The highest BCUT2D eigenvalue weighted by Gasteiger charge is 2.35. The van der Waals surface area contributed by atoms with Crippen LogP contribution >= 0.6 is 0 Å². The molecule has 4 rings (SSSR count). The maximum Gasteiger partial charge on any atom is 0.223 e. The number of nitriles is 1. The summed E-state index contributed by atoms with van der Waals surface area (Å²) in [4.78, 5) is 9.01. The fourth-order valence-electron chi connectivity index (χ4n) is 4.46. The highest BCUT2D eigenvalue weighted by molar-refractivity contribution is 5.43. The first-order valence-corrected chi connectivity index (χ1v) is 10.9. The molecular weight excluding hydrogens is 404 g/mol. The summed E-state index contributed by atoms with van der Waals surface area (Å²) in [5.74, 6) is 1.57. The van der Waals surface area contributed by atoms with Gasteiger partial charge in [-0.15, -0.1) is 5.10 Å². The molecule has 2 heterocycles. The number of aliphatic hydroxyl groups excluding tert-OH is 1. The van der Waals surface area contributed by atoms with E-state index in [4.69, 9.17) is 0 Å². The van der Waals surface area contributed by atoms with Crippen LogP contribution in [0.2, 0.25) is 0 Å². The molecule has 0 aliphatic heterocycles. The van der Waals surface area contributed by atoms with Gasteiger partial charge in [0.2, 0.25) is 5.95 Å². The van der Waals surface area contributed by atoms with E-state index >= 15 is 0 Å². The first-order valence-electron chi connectivity index (χ1n) is 10.9. The standard InChI is InChI=1S/C23H28N8O/c1-15-28-29-30-31(15)20-7-5-4-6-17(20)13-25-22-26-14-18(12-24)19(27-22)10-16-8-9-21(32)23(2,3)11-16/h4-7,14,16,21,32H,8-11,13H2,1-3H3,(H,25,26,27). The Morgan fingerprint density at radius 1 is 1.28 bits per heavy atom. The van der Waals surface area contributed by atoms with Gasteiger partial charge in [-0.3, -0.25) is 0 Å². The van der Waals surface area contributed by atoms with Crippen LogP contribution in [0, 0.1) is 29.6 Å². The normalized spacial score (nSPS) is 20.0. The molecule has 166 valence electrons. The second kappa shape index (κ2) is 9.01. The summed E-state index contributed by atoms with van der Waals surface area (Å²) in [5.41, 5.74) is 3.03.